The van der Waals surface area contributed by atoms with Gasteiger partial charge in [-0.3, -0.25) is 0 Å². The van der Waals surface area contributed by atoms with Crippen LogP contribution in [0.25, 0.3) is 10.1 Å². The van der Waals surface area contributed by atoms with E-state index in [0.29, 0.717) is 5.92 Å². The Hall–Kier alpha value is -0.820. The maximum atomic E-state index is 2.29. The van der Waals surface area contributed by atoms with Gasteiger partial charge in [-0.25, -0.2) is 0 Å². The van der Waals surface area contributed by atoms with Gasteiger partial charge in [-0.05, 0) is 34.4 Å². The normalized spacial score (nSPS) is 11.2. The summed E-state index contributed by atoms with van der Waals surface area (Å²) < 4.78 is 1.39. The molecule has 1 aromatic carbocycles. The molecular weight excluding hydrogens is 164 g/mol. The van der Waals surface area contributed by atoms with Gasteiger partial charge in [0.25, 0.3) is 0 Å². The van der Waals surface area contributed by atoms with Crippen molar-refractivity contribution in [3.05, 3.63) is 35.2 Å². The molecule has 62 valence electrons. The fourth-order valence-corrected chi connectivity index (χ4v) is 2.12. The molecule has 2 rings (SSSR count). The standard InChI is InChI=1S/C11H12S/c1-8(2)9-3-4-11-10(7-9)5-6-12-11/h3-8H,1-2H3. The van der Waals surface area contributed by atoms with Crippen LogP contribution in [0.5, 0.6) is 0 Å². The second kappa shape index (κ2) is 2.91. The largest absolute Gasteiger partial charge is 0.144 e. The Morgan fingerprint density at radius 1 is 1.17 bits per heavy atom. The molecule has 0 unspecified atom stereocenters. The first-order chi connectivity index (χ1) is 5.77. The Labute approximate surface area is 76.8 Å². The first kappa shape index (κ1) is 7.81. The quantitative estimate of drug-likeness (QED) is 0.615. The van der Waals surface area contributed by atoms with Gasteiger partial charge < -0.3 is 0 Å². The summed E-state index contributed by atoms with van der Waals surface area (Å²) in [5, 5.41) is 3.53. The van der Waals surface area contributed by atoms with E-state index in [1.165, 1.54) is 15.6 Å². The summed E-state index contributed by atoms with van der Waals surface area (Å²) in [5.74, 6) is 0.634. The van der Waals surface area contributed by atoms with E-state index in [0.717, 1.165) is 0 Å². The number of hydrogen-bond acceptors (Lipinski definition) is 1. The van der Waals surface area contributed by atoms with Crippen molar-refractivity contribution in [3.8, 4) is 0 Å². The van der Waals surface area contributed by atoms with Crippen LogP contribution < -0.4 is 0 Å². The van der Waals surface area contributed by atoms with E-state index < -0.39 is 0 Å². The van der Waals surface area contributed by atoms with Gasteiger partial charge in [0.15, 0.2) is 0 Å². The van der Waals surface area contributed by atoms with Crippen molar-refractivity contribution in [3.63, 3.8) is 0 Å². The molecule has 1 heteroatoms. The van der Waals surface area contributed by atoms with E-state index in [1.807, 2.05) is 11.3 Å². The molecule has 0 saturated carbocycles. The summed E-state index contributed by atoms with van der Waals surface area (Å²) in [6, 6.07) is 8.92. The molecule has 1 heterocycles. The van der Waals surface area contributed by atoms with Gasteiger partial charge in [-0.15, -0.1) is 11.3 Å². The molecule has 0 aliphatic carbocycles. The topological polar surface area (TPSA) is 0 Å². The fraction of sp³-hybridized carbons (Fsp3) is 0.273. The minimum atomic E-state index is 0.634. The van der Waals surface area contributed by atoms with Crippen molar-refractivity contribution in [2.75, 3.05) is 0 Å². The van der Waals surface area contributed by atoms with Crippen LogP contribution in [-0.4, -0.2) is 0 Å². The van der Waals surface area contributed by atoms with Gasteiger partial charge >= 0.3 is 0 Å². The van der Waals surface area contributed by atoms with Crippen LogP contribution in [-0.2, 0) is 0 Å². The van der Waals surface area contributed by atoms with E-state index in [-0.39, 0.29) is 0 Å². The van der Waals surface area contributed by atoms with E-state index in [2.05, 4.69) is 43.5 Å². The molecule has 12 heavy (non-hydrogen) atoms. The third kappa shape index (κ3) is 1.25. The number of benzene rings is 1. The van der Waals surface area contributed by atoms with Crippen LogP contribution in [0, 0.1) is 0 Å². The lowest BCUT2D eigenvalue weighted by atomic mass is 10.0. The Morgan fingerprint density at radius 3 is 2.75 bits per heavy atom. The molecule has 0 N–H and O–H groups in total. The van der Waals surface area contributed by atoms with Crippen LogP contribution in [0.15, 0.2) is 29.6 Å². The summed E-state index contributed by atoms with van der Waals surface area (Å²) in [5.41, 5.74) is 1.43. The second-order valence-electron chi connectivity index (χ2n) is 3.37. The Kier molecular flexibility index (Phi) is 1.89. The van der Waals surface area contributed by atoms with E-state index >= 15 is 0 Å². The maximum Gasteiger partial charge on any atom is 0.0342 e. The third-order valence-electron chi connectivity index (χ3n) is 2.14. The molecule has 0 nitrogen and oxygen atoms in total. The molecule has 0 saturated heterocycles. The second-order valence-corrected chi connectivity index (χ2v) is 4.32. The molecule has 0 spiro atoms. The zero-order chi connectivity index (χ0) is 8.55. The molecule has 0 amide bonds. The average Bonchev–Trinajstić information content (AvgIpc) is 2.49. The SMILES string of the molecule is CC(C)c1ccc2sccc2c1. The zero-order valence-corrected chi connectivity index (χ0v) is 8.19. The molecule has 0 bridgehead atoms. The van der Waals surface area contributed by atoms with Crippen molar-refractivity contribution >= 4 is 21.4 Å². The van der Waals surface area contributed by atoms with E-state index in [4.69, 9.17) is 0 Å². The van der Waals surface area contributed by atoms with Gasteiger partial charge in [-0.1, -0.05) is 26.0 Å². The smallest absolute Gasteiger partial charge is 0.0342 e. The monoisotopic (exact) mass is 176 g/mol. The van der Waals surface area contributed by atoms with Gasteiger partial charge in [-0.2, -0.15) is 0 Å². The van der Waals surface area contributed by atoms with Crippen LogP contribution in [0.4, 0.5) is 0 Å². The maximum absolute atomic E-state index is 2.29. The molecular formula is C11H12S. The molecule has 0 atom stereocenters. The van der Waals surface area contributed by atoms with Crippen LogP contribution >= 0.6 is 11.3 Å². The Morgan fingerprint density at radius 2 is 2.00 bits per heavy atom. The number of fused-ring (bicyclic) bond motifs is 1. The first-order valence-electron chi connectivity index (χ1n) is 4.24. The van der Waals surface area contributed by atoms with Crippen molar-refractivity contribution < 1.29 is 0 Å². The van der Waals surface area contributed by atoms with Crippen molar-refractivity contribution in [1.82, 2.24) is 0 Å². The lowest BCUT2D eigenvalue weighted by Crippen LogP contribution is -1.84. The third-order valence-corrected chi connectivity index (χ3v) is 3.04. The lowest BCUT2D eigenvalue weighted by Gasteiger charge is -2.03. The molecule has 0 aliphatic heterocycles. The van der Waals surface area contributed by atoms with Gasteiger partial charge in [0, 0.05) is 4.70 Å². The van der Waals surface area contributed by atoms with Crippen molar-refractivity contribution in [2.24, 2.45) is 0 Å². The highest BCUT2D eigenvalue weighted by Gasteiger charge is 2.00. The minimum absolute atomic E-state index is 0.634. The van der Waals surface area contributed by atoms with Crippen LogP contribution in [0.3, 0.4) is 0 Å². The lowest BCUT2D eigenvalue weighted by molar-refractivity contribution is 0.869. The summed E-state index contributed by atoms with van der Waals surface area (Å²) >= 11 is 1.81. The first-order valence-corrected chi connectivity index (χ1v) is 5.12. The van der Waals surface area contributed by atoms with Gasteiger partial charge in [0.2, 0.25) is 0 Å². The van der Waals surface area contributed by atoms with E-state index in [9.17, 15) is 0 Å². The Bertz CT molecular complexity index is 385. The number of rotatable bonds is 1. The summed E-state index contributed by atoms with van der Waals surface area (Å²) in [6.45, 7) is 4.46. The number of thiophene rings is 1. The fourth-order valence-electron chi connectivity index (χ4n) is 1.34. The van der Waals surface area contributed by atoms with Crippen LogP contribution in [0.2, 0.25) is 0 Å². The van der Waals surface area contributed by atoms with Crippen molar-refractivity contribution in [1.29, 1.82) is 0 Å². The average molecular weight is 176 g/mol. The molecule has 0 fully saturated rings. The number of hydrogen-bond donors (Lipinski definition) is 0. The predicted molar refractivity (Wildman–Crippen MR) is 55.9 cm³/mol. The minimum Gasteiger partial charge on any atom is -0.144 e. The highest BCUT2D eigenvalue weighted by molar-refractivity contribution is 7.17. The van der Waals surface area contributed by atoms with Gasteiger partial charge in [0.1, 0.15) is 0 Å². The predicted octanol–water partition coefficient (Wildman–Crippen LogP) is 4.02. The molecule has 1 aromatic heterocycles. The summed E-state index contributed by atoms with van der Waals surface area (Å²) in [6.07, 6.45) is 0. The summed E-state index contributed by atoms with van der Waals surface area (Å²) in [4.78, 5) is 0. The molecule has 2 aromatic rings. The van der Waals surface area contributed by atoms with Crippen LogP contribution in [0.1, 0.15) is 25.3 Å². The van der Waals surface area contributed by atoms with Gasteiger partial charge in [0.05, 0.1) is 0 Å². The van der Waals surface area contributed by atoms with E-state index in [1.54, 1.807) is 0 Å². The molecule has 0 radical (unpaired) electrons. The molecule has 0 aliphatic rings. The van der Waals surface area contributed by atoms with Crippen molar-refractivity contribution in [2.45, 2.75) is 19.8 Å². The highest BCUT2D eigenvalue weighted by Crippen LogP contribution is 2.24. The Balaban J connectivity index is 2.60. The zero-order valence-electron chi connectivity index (χ0n) is 7.37. The summed E-state index contributed by atoms with van der Waals surface area (Å²) in [7, 11) is 0. The highest BCUT2D eigenvalue weighted by atomic mass is 32.1.